The van der Waals surface area contributed by atoms with Crippen molar-refractivity contribution in [1.82, 2.24) is 0 Å². The maximum atomic E-state index is 2.26. The molecule has 12 heavy (non-hydrogen) atoms. The van der Waals surface area contributed by atoms with Gasteiger partial charge in [-0.1, -0.05) is 25.7 Å². The number of hydrogen-bond donors (Lipinski definition) is 0. The first kappa shape index (κ1) is 15.0. The minimum absolute atomic E-state index is 0. The largest absolute Gasteiger partial charge is 3.00 e. The molecule has 0 saturated carbocycles. The molecule has 0 N–H and O–H groups in total. The summed E-state index contributed by atoms with van der Waals surface area (Å²) in [6.07, 6.45) is 5.44. The third kappa shape index (κ3) is 3.11. The van der Waals surface area contributed by atoms with Gasteiger partial charge >= 0.3 is 26.2 Å². The van der Waals surface area contributed by atoms with Gasteiger partial charge in [0.1, 0.15) is 0 Å². The van der Waals surface area contributed by atoms with Gasteiger partial charge in [0, 0.05) is 0 Å². The van der Waals surface area contributed by atoms with E-state index < -0.39 is 0 Å². The Balaban J connectivity index is 0. The van der Waals surface area contributed by atoms with E-state index in [2.05, 4.69) is 18.2 Å². The third-order valence-electron chi connectivity index (χ3n) is 2.15. The van der Waals surface area contributed by atoms with Crippen LogP contribution in [0.3, 0.4) is 0 Å². The van der Waals surface area contributed by atoms with Crippen molar-refractivity contribution in [2.24, 2.45) is 0 Å². The molecular formula is C10H14ClZr. The molecule has 0 atom stereocenters. The average molecular weight is 261 g/mol. The summed E-state index contributed by atoms with van der Waals surface area (Å²) in [6, 6.07) is 6.69. The van der Waals surface area contributed by atoms with Crippen LogP contribution in [0.25, 0.3) is 0 Å². The molecule has 0 aromatic heterocycles. The van der Waals surface area contributed by atoms with Crippen LogP contribution in [0.2, 0.25) is 0 Å². The van der Waals surface area contributed by atoms with Crippen molar-refractivity contribution >= 4 is 0 Å². The first-order valence-electron chi connectivity index (χ1n) is 3.70. The van der Waals surface area contributed by atoms with Crippen molar-refractivity contribution in [3.63, 3.8) is 0 Å². The summed E-state index contributed by atoms with van der Waals surface area (Å²) in [5.41, 5.74) is 3.20. The van der Waals surface area contributed by atoms with E-state index in [1.165, 1.54) is 25.7 Å². The van der Waals surface area contributed by atoms with Crippen LogP contribution in [0.1, 0.15) is 24.0 Å². The predicted molar refractivity (Wildman–Crippen MR) is 45.1 cm³/mol. The van der Waals surface area contributed by atoms with E-state index in [0.29, 0.717) is 0 Å². The number of rotatable bonds is 0. The molecule has 1 radical (unpaired) electrons. The van der Waals surface area contributed by atoms with Crippen LogP contribution >= 0.6 is 0 Å². The molecule has 1 aromatic carbocycles. The second kappa shape index (κ2) is 6.98. The summed E-state index contributed by atoms with van der Waals surface area (Å²) < 4.78 is 0. The molecule has 2 heteroatoms. The predicted octanol–water partition coefficient (Wildman–Crippen LogP) is -0.264. The Labute approximate surface area is 101 Å². The van der Waals surface area contributed by atoms with Gasteiger partial charge in [-0.05, 0) is 0 Å². The smallest absolute Gasteiger partial charge is 1.00 e. The quantitative estimate of drug-likeness (QED) is 0.564. The molecule has 1 aliphatic rings. The molecule has 1 aliphatic carbocycles. The monoisotopic (exact) mass is 259 g/mol. The molecule has 2 rings (SSSR count). The van der Waals surface area contributed by atoms with E-state index in [0.717, 1.165) is 0 Å². The van der Waals surface area contributed by atoms with Crippen LogP contribution in [0.4, 0.5) is 0 Å². The van der Waals surface area contributed by atoms with Crippen LogP contribution in [-0.2, 0) is 39.0 Å². The van der Waals surface area contributed by atoms with Gasteiger partial charge in [0.2, 0.25) is 0 Å². The van der Waals surface area contributed by atoms with E-state index in [9.17, 15) is 0 Å². The van der Waals surface area contributed by atoms with Crippen LogP contribution in [0.5, 0.6) is 0 Å². The van der Waals surface area contributed by atoms with E-state index in [4.69, 9.17) is 0 Å². The summed E-state index contributed by atoms with van der Waals surface area (Å²) in [7, 11) is 0. The van der Waals surface area contributed by atoms with Crippen LogP contribution < -0.4 is 12.4 Å². The molecule has 1 aromatic rings. The van der Waals surface area contributed by atoms with E-state index in [-0.39, 0.29) is 46.0 Å². The SMILES string of the molecule is [CH3-].[Cl-].[Zr+3].c1cc2c([cH-]1)CCCC2. The Morgan fingerprint density at radius 1 is 1.17 bits per heavy atom. The minimum atomic E-state index is 0. The van der Waals surface area contributed by atoms with Gasteiger partial charge < -0.3 is 19.8 Å². The van der Waals surface area contributed by atoms with Crippen LogP contribution in [-0.4, -0.2) is 0 Å². The zero-order chi connectivity index (χ0) is 6.10. The summed E-state index contributed by atoms with van der Waals surface area (Å²) in [6.45, 7) is 0. The maximum absolute atomic E-state index is 2.26. The second-order valence-electron chi connectivity index (χ2n) is 2.78. The molecule has 0 spiro atoms. The standard InChI is InChI=1S/C9H11.CH3.ClH.Zr/c1-2-5-9-7-3-6-8(9)4-1;;;/h3,6-7H,1-2,4-5H2;1H3;1H;/q2*-1;;+3/p-1. The Hall–Kier alpha value is 0.523. The topological polar surface area (TPSA) is 0 Å². The fourth-order valence-corrected chi connectivity index (χ4v) is 1.61. The third-order valence-corrected chi connectivity index (χ3v) is 2.15. The number of aryl methyl sites for hydroxylation is 2. The maximum Gasteiger partial charge on any atom is 3.00 e. The number of fused-ring (bicyclic) bond motifs is 1. The Morgan fingerprint density at radius 3 is 2.50 bits per heavy atom. The van der Waals surface area contributed by atoms with Crippen molar-refractivity contribution in [3.05, 3.63) is 36.8 Å². The molecule has 65 valence electrons. The van der Waals surface area contributed by atoms with Crippen molar-refractivity contribution in [2.75, 3.05) is 0 Å². The van der Waals surface area contributed by atoms with Gasteiger partial charge in [-0.2, -0.15) is 23.3 Å². The number of halogens is 1. The fraction of sp³-hybridized carbons (Fsp3) is 0.400. The molecule has 0 saturated heterocycles. The van der Waals surface area contributed by atoms with Gasteiger partial charge in [-0.25, -0.2) is 6.07 Å². The van der Waals surface area contributed by atoms with Crippen molar-refractivity contribution in [1.29, 1.82) is 0 Å². The first-order valence-corrected chi connectivity index (χ1v) is 3.70. The summed E-state index contributed by atoms with van der Waals surface area (Å²) in [5, 5.41) is 0. The number of hydrogen-bond acceptors (Lipinski definition) is 0. The molecule has 0 amide bonds. The van der Waals surface area contributed by atoms with Gasteiger partial charge in [0.25, 0.3) is 0 Å². The van der Waals surface area contributed by atoms with Gasteiger partial charge in [0.15, 0.2) is 0 Å². The molecular weight excluding hydrogens is 247 g/mol. The van der Waals surface area contributed by atoms with Crippen LogP contribution in [0.15, 0.2) is 18.2 Å². The zero-order valence-electron chi connectivity index (χ0n) is 7.44. The normalized spacial score (nSPS) is 13.0. The summed E-state index contributed by atoms with van der Waals surface area (Å²) in [4.78, 5) is 0. The fourth-order valence-electron chi connectivity index (χ4n) is 1.61. The van der Waals surface area contributed by atoms with E-state index in [1.807, 2.05) is 0 Å². The Morgan fingerprint density at radius 2 is 1.83 bits per heavy atom. The summed E-state index contributed by atoms with van der Waals surface area (Å²) >= 11 is 0. The van der Waals surface area contributed by atoms with Crippen molar-refractivity contribution in [2.45, 2.75) is 25.7 Å². The molecule has 0 fully saturated rings. The first-order chi connectivity index (χ1) is 4.47. The van der Waals surface area contributed by atoms with Gasteiger partial charge in [-0.15, -0.1) is 0 Å². The molecule has 0 heterocycles. The van der Waals surface area contributed by atoms with E-state index in [1.54, 1.807) is 11.1 Å². The minimum Gasteiger partial charge on any atom is -1.00 e. The van der Waals surface area contributed by atoms with Crippen molar-refractivity contribution in [3.8, 4) is 0 Å². The Kier molecular flexibility index (Phi) is 8.73. The zero-order valence-corrected chi connectivity index (χ0v) is 10.7. The molecule has 0 bridgehead atoms. The second-order valence-corrected chi connectivity index (χ2v) is 2.78. The summed E-state index contributed by atoms with van der Waals surface area (Å²) in [5.74, 6) is 0. The van der Waals surface area contributed by atoms with E-state index >= 15 is 0 Å². The average Bonchev–Trinajstić information content (AvgIpc) is 2.33. The van der Waals surface area contributed by atoms with Crippen LogP contribution in [0, 0.1) is 7.43 Å². The Bertz CT molecular complexity index is 185. The van der Waals surface area contributed by atoms with Crippen molar-refractivity contribution < 1.29 is 38.6 Å². The molecule has 0 unspecified atom stereocenters. The molecule has 0 aliphatic heterocycles. The molecule has 0 nitrogen and oxygen atoms in total. The van der Waals surface area contributed by atoms with Gasteiger partial charge in [-0.3, -0.25) is 0 Å². The van der Waals surface area contributed by atoms with Gasteiger partial charge in [0.05, 0.1) is 0 Å².